The van der Waals surface area contributed by atoms with Gasteiger partial charge in [-0.1, -0.05) is 0 Å². The van der Waals surface area contributed by atoms with Crippen LogP contribution < -0.4 is 10.9 Å². The maximum atomic E-state index is 11.5. The predicted octanol–water partition coefficient (Wildman–Crippen LogP) is 0.126. The molecular weight excluding hydrogens is 309 g/mol. The standard InChI is InChI=1S/C9H10IN3O2/c10-6-3-9(15)13(11-4-6)5-7-1-2-8(14)12-7/h3-4,7H,1-2,5H2,(H,12,14). The van der Waals surface area contributed by atoms with Gasteiger partial charge in [0.1, 0.15) is 0 Å². The topological polar surface area (TPSA) is 64.0 Å². The van der Waals surface area contributed by atoms with Crippen molar-refractivity contribution >= 4 is 28.5 Å². The molecule has 2 rings (SSSR count). The third-order valence-electron chi connectivity index (χ3n) is 2.31. The fourth-order valence-electron chi connectivity index (χ4n) is 1.57. The van der Waals surface area contributed by atoms with Crippen LogP contribution in [0.2, 0.25) is 0 Å². The lowest BCUT2D eigenvalue weighted by atomic mass is 10.2. The average molecular weight is 319 g/mol. The quantitative estimate of drug-likeness (QED) is 0.788. The van der Waals surface area contributed by atoms with Gasteiger partial charge in [-0.2, -0.15) is 5.10 Å². The minimum Gasteiger partial charge on any atom is -0.351 e. The number of hydrogen-bond acceptors (Lipinski definition) is 3. The molecule has 6 heteroatoms. The molecule has 1 fully saturated rings. The van der Waals surface area contributed by atoms with Crippen LogP contribution in [0.3, 0.4) is 0 Å². The van der Waals surface area contributed by atoms with Gasteiger partial charge in [-0.15, -0.1) is 0 Å². The van der Waals surface area contributed by atoms with Crippen LogP contribution in [0.5, 0.6) is 0 Å². The second-order valence-corrected chi connectivity index (χ2v) is 4.74. The maximum absolute atomic E-state index is 11.5. The van der Waals surface area contributed by atoms with Crippen molar-refractivity contribution in [2.45, 2.75) is 25.4 Å². The van der Waals surface area contributed by atoms with Gasteiger partial charge in [0.25, 0.3) is 5.56 Å². The van der Waals surface area contributed by atoms with Gasteiger partial charge in [-0.3, -0.25) is 9.59 Å². The number of aromatic nitrogens is 2. The number of amides is 1. The fourth-order valence-corrected chi connectivity index (χ4v) is 1.96. The van der Waals surface area contributed by atoms with E-state index in [-0.39, 0.29) is 17.5 Å². The number of halogens is 1. The predicted molar refractivity (Wildman–Crippen MR) is 62.4 cm³/mol. The summed E-state index contributed by atoms with van der Waals surface area (Å²) in [6.45, 7) is 0.460. The van der Waals surface area contributed by atoms with E-state index in [2.05, 4.69) is 10.4 Å². The Morgan fingerprint density at radius 3 is 3.00 bits per heavy atom. The van der Waals surface area contributed by atoms with Crippen LogP contribution in [0, 0.1) is 3.57 Å². The van der Waals surface area contributed by atoms with Crippen molar-refractivity contribution in [1.29, 1.82) is 0 Å². The van der Waals surface area contributed by atoms with Crippen molar-refractivity contribution in [3.05, 3.63) is 26.2 Å². The lowest BCUT2D eigenvalue weighted by Gasteiger charge is -2.10. The second kappa shape index (κ2) is 4.30. The van der Waals surface area contributed by atoms with Crippen LogP contribution in [-0.4, -0.2) is 21.7 Å². The van der Waals surface area contributed by atoms with Crippen molar-refractivity contribution in [2.24, 2.45) is 0 Å². The Bertz CT molecular complexity index is 443. The lowest BCUT2D eigenvalue weighted by molar-refractivity contribution is -0.119. The fraction of sp³-hybridized carbons (Fsp3) is 0.444. The van der Waals surface area contributed by atoms with E-state index < -0.39 is 0 Å². The summed E-state index contributed by atoms with van der Waals surface area (Å²) in [7, 11) is 0. The molecule has 1 unspecified atom stereocenters. The van der Waals surface area contributed by atoms with Crippen molar-refractivity contribution in [1.82, 2.24) is 15.1 Å². The molecule has 1 aromatic rings. The highest BCUT2D eigenvalue weighted by Crippen LogP contribution is 2.07. The normalized spacial score (nSPS) is 20.3. The molecule has 1 aliphatic heterocycles. The molecule has 5 nitrogen and oxygen atoms in total. The van der Waals surface area contributed by atoms with Crippen LogP contribution in [-0.2, 0) is 11.3 Å². The molecule has 0 aromatic carbocycles. The van der Waals surface area contributed by atoms with Gasteiger partial charge in [0.05, 0.1) is 12.7 Å². The molecule has 1 saturated heterocycles. The van der Waals surface area contributed by atoms with Gasteiger partial charge in [-0.25, -0.2) is 4.68 Å². The Hall–Kier alpha value is -0.920. The number of carbonyl (C=O) groups excluding carboxylic acids is 1. The van der Waals surface area contributed by atoms with Gasteiger partial charge < -0.3 is 5.32 Å². The largest absolute Gasteiger partial charge is 0.351 e. The van der Waals surface area contributed by atoms with Crippen LogP contribution in [0.1, 0.15) is 12.8 Å². The van der Waals surface area contributed by atoms with E-state index in [1.807, 2.05) is 22.6 Å². The van der Waals surface area contributed by atoms with E-state index in [1.165, 1.54) is 10.7 Å². The van der Waals surface area contributed by atoms with E-state index in [9.17, 15) is 9.59 Å². The van der Waals surface area contributed by atoms with E-state index in [1.54, 1.807) is 6.20 Å². The molecule has 15 heavy (non-hydrogen) atoms. The van der Waals surface area contributed by atoms with Crippen LogP contribution >= 0.6 is 22.6 Å². The number of rotatable bonds is 2. The summed E-state index contributed by atoms with van der Waals surface area (Å²) in [5.74, 6) is 0.0542. The van der Waals surface area contributed by atoms with Gasteiger partial charge >= 0.3 is 0 Å². The first-order chi connectivity index (χ1) is 7.15. The Morgan fingerprint density at radius 2 is 2.40 bits per heavy atom. The lowest BCUT2D eigenvalue weighted by Crippen LogP contribution is -2.34. The van der Waals surface area contributed by atoms with Gasteiger partial charge in [0.15, 0.2) is 0 Å². The van der Waals surface area contributed by atoms with Crippen LogP contribution in [0.4, 0.5) is 0 Å². The molecule has 1 amide bonds. The molecule has 80 valence electrons. The third kappa shape index (κ3) is 2.55. The Balaban J connectivity index is 2.11. The number of hydrogen-bond donors (Lipinski definition) is 1. The highest BCUT2D eigenvalue weighted by atomic mass is 127. The zero-order chi connectivity index (χ0) is 10.8. The zero-order valence-electron chi connectivity index (χ0n) is 7.94. The van der Waals surface area contributed by atoms with Crippen molar-refractivity contribution in [3.63, 3.8) is 0 Å². The van der Waals surface area contributed by atoms with Gasteiger partial charge in [0.2, 0.25) is 5.91 Å². The third-order valence-corrected chi connectivity index (χ3v) is 2.90. The highest BCUT2D eigenvalue weighted by Gasteiger charge is 2.21. The Morgan fingerprint density at radius 1 is 1.60 bits per heavy atom. The molecule has 0 saturated carbocycles. The molecule has 0 aliphatic carbocycles. The molecule has 1 N–H and O–H groups in total. The summed E-state index contributed by atoms with van der Waals surface area (Å²) in [5, 5.41) is 6.82. The number of nitrogens with one attached hydrogen (secondary N) is 1. The first-order valence-corrected chi connectivity index (χ1v) is 5.75. The summed E-state index contributed by atoms with van der Waals surface area (Å²) in [6, 6.07) is 1.58. The van der Waals surface area contributed by atoms with E-state index >= 15 is 0 Å². The van der Waals surface area contributed by atoms with Crippen LogP contribution in [0.25, 0.3) is 0 Å². The second-order valence-electron chi connectivity index (χ2n) is 3.50. The van der Waals surface area contributed by atoms with E-state index in [4.69, 9.17) is 0 Å². The maximum Gasteiger partial charge on any atom is 0.267 e. The molecule has 0 radical (unpaired) electrons. The highest BCUT2D eigenvalue weighted by molar-refractivity contribution is 14.1. The summed E-state index contributed by atoms with van der Waals surface area (Å²) < 4.78 is 2.21. The molecule has 1 atom stereocenters. The summed E-state index contributed by atoms with van der Waals surface area (Å²) in [4.78, 5) is 22.5. The molecule has 1 aliphatic rings. The van der Waals surface area contributed by atoms with E-state index in [0.717, 1.165) is 9.99 Å². The number of nitrogens with zero attached hydrogens (tertiary/aromatic N) is 2. The molecule has 1 aromatic heterocycles. The molecule has 0 bridgehead atoms. The van der Waals surface area contributed by atoms with Gasteiger partial charge in [0, 0.05) is 22.1 Å². The minimum absolute atomic E-state index is 0.0442. The summed E-state index contributed by atoms with van der Waals surface area (Å²) in [6.07, 6.45) is 2.96. The first-order valence-electron chi connectivity index (χ1n) is 4.67. The Labute approximate surface area is 100 Å². The zero-order valence-corrected chi connectivity index (χ0v) is 10.1. The van der Waals surface area contributed by atoms with Crippen molar-refractivity contribution in [3.8, 4) is 0 Å². The monoisotopic (exact) mass is 319 g/mol. The molecular formula is C9H10IN3O2. The van der Waals surface area contributed by atoms with Gasteiger partial charge in [-0.05, 0) is 29.0 Å². The van der Waals surface area contributed by atoms with E-state index in [0.29, 0.717) is 13.0 Å². The number of carbonyl (C=O) groups is 1. The SMILES string of the molecule is O=C1CCC(Cn2ncc(I)cc2=O)N1. The first kappa shape index (κ1) is 10.6. The van der Waals surface area contributed by atoms with Crippen LogP contribution in [0.15, 0.2) is 17.1 Å². The smallest absolute Gasteiger partial charge is 0.267 e. The molecule has 2 heterocycles. The van der Waals surface area contributed by atoms with Crippen molar-refractivity contribution < 1.29 is 4.79 Å². The summed E-state index contributed by atoms with van der Waals surface area (Å²) in [5.41, 5.74) is -0.122. The average Bonchev–Trinajstić information content (AvgIpc) is 2.56. The summed E-state index contributed by atoms with van der Waals surface area (Å²) >= 11 is 2.04. The minimum atomic E-state index is -0.122. The molecule has 0 spiro atoms. The Kier molecular flexibility index (Phi) is 3.03. The van der Waals surface area contributed by atoms with Crippen molar-refractivity contribution in [2.75, 3.05) is 0 Å².